The number of methoxy groups -OCH3 is 1. The van der Waals surface area contributed by atoms with Gasteiger partial charge >= 0.3 is 5.97 Å². The third-order valence-electron chi connectivity index (χ3n) is 3.16. The van der Waals surface area contributed by atoms with Crippen LogP contribution in [0.1, 0.15) is 27.0 Å². The van der Waals surface area contributed by atoms with E-state index in [1.54, 1.807) is 12.1 Å². The lowest BCUT2D eigenvalue weighted by Gasteiger charge is -2.11. The largest absolute Gasteiger partial charge is 0.489 e. The number of aliphatic hydroxyl groups excluding tert-OH is 1. The van der Waals surface area contributed by atoms with Gasteiger partial charge < -0.3 is 14.6 Å². The number of aliphatic hydroxyl groups is 1. The number of carbonyl (C=O) groups excluding carboxylic acids is 1. The summed E-state index contributed by atoms with van der Waals surface area (Å²) in [4.78, 5) is 11.3. The molecule has 0 aliphatic heterocycles. The Morgan fingerprint density at radius 1 is 1.14 bits per heavy atom. The van der Waals surface area contributed by atoms with E-state index in [1.807, 2.05) is 37.3 Å². The van der Waals surface area contributed by atoms with Crippen LogP contribution in [0.2, 0.25) is 0 Å². The number of hydrogen-bond donors (Lipinski definition) is 1. The predicted molar refractivity (Wildman–Crippen MR) is 79.2 cm³/mol. The van der Waals surface area contributed by atoms with Gasteiger partial charge in [0.25, 0.3) is 0 Å². The van der Waals surface area contributed by atoms with E-state index in [2.05, 4.69) is 4.74 Å². The van der Waals surface area contributed by atoms with Crippen molar-refractivity contribution in [3.63, 3.8) is 0 Å². The van der Waals surface area contributed by atoms with Crippen molar-refractivity contribution in [3.05, 3.63) is 64.7 Å². The summed E-state index contributed by atoms with van der Waals surface area (Å²) in [6.45, 7) is 2.28. The Bertz CT molecular complexity index is 617. The second-order valence-electron chi connectivity index (χ2n) is 4.75. The van der Waals surface area contributed by atoms with Crippen molar-refractivity contribution in [2.45, 2.75) is 20.1 Å². The molecule has 0 saturated carbocycles. The van der Waals surface area contributed by atoms with Crippen molar-refractivity contribution in [1.29, 1.82) is 0 Å². The average molecular weight is 286 g/mol. The van der Waals surface area contributed by atoms with E-state index in [-0.39, 0.29) is 12.6 Å². The normalized spacial score (nSPS) is 10.2. The number of hydrogen-bond acceptors (Lipinski definition) is 4. The highest BCUT2D eigenvalue weighted by atomic mass is 16.5. The molecular weight excluding hydrogens is 268 g/mol. The first-order chi connectivity index (χ1) is 10.1. The number of benzene rings is 2. The SMILES string of the molecule is COC(=O)c1ccc(COc2ccc(C)cc2CO)cc1. The van der Waals surface area contributed by atoms with Gasteiger partial charge in [-0.05, 0) is 30.7 Å². The van der Waals surface area contributed by atoms with E-state index < -0.39 is 0 Å². The summed E-state index contributed by atoms with van der Waals surface area (Å²) >= 11 is 0. The molecule has 0 bridgehead atoms. The summed E-state index contributed by atoms with van der Waals surface area (Å²) in [7, 11) is 1.35. The molecule has 0 aliphatic rings. The molecule has 0 saturated heterocycles. The lowest BCUT2D eigenvalue weighted by Crippen LogP contribution is -2.02. The number of ether oxygens (including phenoxy) is 2. The highest BCUT2D eigenvalue weighted by Gasteiger charge is 2.06. The van der Waals surface area contributed by atoms with Crippen molar-refractivity contribution >= 4 is 5.97 Å². The molecule has 0 amide bonds. The lowest BCUT2D eigenvalue weighted by atomic mass is 10.1. The average Bonchev–Trinajstić information content (AvgIpc) is 2.53. The third-order valence-corrected chi connectivity index (χ3v) is 3.16. The zero-order valence-electron chi connectivity index (χ0n) is 12.1. The fourth-order valence-electron chi connectivity index (χ4n) is 1.99. The van der Waals surface area contributed by atoms with Crippen LogP contribution in [-0.2, 0) is 18.0 Å². The molecule has 110 valence electrons. The molecule has 0 atom stereocenters. The maximum atomic E-state index is 11.3. The van der Waals surface area contributed by atoms with Crippen molar-refractivity contribution in [3.8, 4) is 5.75 Å². The van der Waals surface area contributed by atoms with Crippen molar-refractivity contribution in [1.82, 2.24) is 0 Å². The van der Waals surface area contributed by atoms with Crippen LogP contribution in [0.15, 0.2) is 42.5 Å². The summed E-state index contributed by atoms with van der Waals surface area (Å²) in [6.07, 6.45) is 0. The van der Waals surface area contributed by atoms with E-state index in [9.17, 15) is 9.90 Å². The molecule has 2 rings (SSSR count). The van der Waals surface area contributed by atoms with Gasteiger partial charge in [0.2, 0.25) is 0 Å². The Morgan fingerprint density at radius 2 is 1.86 bits per heavy atom. The number of carbonyl (C=O) groups is 1. The van der Waals surface area contributed by atoms with Crippen molar-refractivity contribution in [2.24, 2.45) is 0 Å². The summed E-state index contributed by atoms with van der Waals surface area (Å²) in [5.41, 5.74) is 3.29. The summed E-state index contributed by atoms with van der Waals surface area (Å²) < 4.78 is 10.4. The Kier molecular flexibility index (Phi) is 4.95. The molecule has 0 aliphatic carbocycles. The van der Waals surface area contributed by atoms with Crippen LogP contribution in [0.4, 0.5) is 0 Å². The number of rotatable bonds is 5. The summed E-state index contributed by atoms with van der Waals surface area (Å²) in [5.74, 6) is 0.309. The number of aryl methyl sites for hydroxylation is 1. The minimum Gasteiger partial charge on any atom is -0.489 e. The van der Waals surface area contributed by atoms with Gasteiger partial charge in [-0.3, -0.25) is 0 Å². The Hall–Kier alpha value is -2.33. The van der Waals surface area contributed by atoms with Crippen LogP contribution in [0.3, 0.4) is 0 Å². The van der Waals surface area contributed by atoms with Crippen molar-refractivity contribution < 1.29 is 19.4 Å². The van der Waals surface area contributed by atoms with E-state index in [0.29, 0.717) is 17.9 Å². The van der Waals surface area contributed by atoms with Gasteiger partial charge in [0.05, 0.1) is 19.3 Å². The van der Waals surface area contributed by atoms with Crippen molar-refractivity contribution in [2.75, 3.05) is 7.11 Å². The van der Waals surface area contributed by atoms with E-state index in [0.717, 1.165) is 16.7 Å². The first kappa shape index (κ1) is 15.1. The van der Waals surface area contributed by atoms with E-state index in [1.165, 1.54) is 7.11 Å². The van der Waals surface area contributed by atoms with Gasteiger partial charge in [-0.1, -0.05) is 29.8 Å². The van der Waals surface area contributed by atoms with Crippen LogP contribution < -0.4 is 4.74 Å². The summed E-state index contributed by atoms with van der Waals surface area (Å²) in [6, 6.07) is 12.7. The molecule has 0 heterocycles. The Balaban J connectivity index is 2.05. The quantitative estimate of drug-likeness (QED) is 0.859. The maximum absolute atomic E-state index is 11.3. The zero-order valence-corrected chi connectivity index (χ0v) is 12.1. The van der Waals surface area contributed by atoms with Gasteiger partial charge in [0.1, 0.15) is 12.4 Å². The van der Waals surface area contributed by atoms with Gasteiger partial charge in [-0.2, -0.15) is 0 Å². The zero-order chi connectivity index (χ0) is 15.2. The minimum absolute atomic E-state index is 0.0573. The second kappa shape index (κ2) is 6.90. The topological polar surface area (TPSA) is 55.8 Å². The van der Waals surface area contributed by atoms with Crippen LogP contribution in [-0.4, -0.2) is 18.2 Å². The molecule has 4 heteroatoms. The van der Waals surface area contributed by atoms with E-state index in [4.69, 9.17) is 4.74 Å². The van der Waals surface area contributed by atoms with Gasteiger partial charge in [0.15, 0.2) is 0 Å². The van der Waals surface area contributed by atoms with Crippen LogP contribution in [0, 0.1) is 6.92 Å². The Morgan fingerprint density at radius 3 is 2.48 bits per heavy atom. The molecule has 0 spiro atoms. The van der Waals surface area contributed by atoms with Crippen LogP contribution in [0.25, 0.3) is 0 Å². The van der Waals surface area contributed by atoms with E-state index >= 15 is 0 Å². The molecule has 4 nitrogen and oxygen atoms in total. The molecule has 0 aromatic heterocycles. The fourth-order valence-corrected chi connectivity index (χ4v) is 1.99. The van der Waals surface area contributed by atoms with Crippen LogP contribution in [0.5, 0.6) is 5.75 Å². The monoisotopic (exact) mass is 286 g/mol. The molecule has 21 heavy (non-hydrogen) atoms. The Labute approximate surface area is 123 Å². The summed E-state index contributed by atoms with van der Waals surface area (Å²) in [5, 5.41) is 9.33. The van der Waals surface area contributed by atoms with Gasteiger partial charge in [-0.15, -0.1) is 0 Å². The smallest absolute Gasteiger partial charge is 0.337 e. The molecular formula is C17H18O4. The van der Waals surface area contributed by atoms with Crippen LogP contribution >= 0.6 is 0 Å². The second-order valence-corrected chi connectivity index (χ2v) is 4.75. The molecule has 1 N–H and O–H groups in total. The highest BCUT2D eigenvalue weighted by Crippen LogP contribution is 2.21. The molecule has 2 aromatic carbocycles. The molecule has 2 aromatic rings. The fraction of sp³-hybridized carbons (Fsp3) is 0.235. The molecule has 0 fully saturated rings. The minimum atomic E-state index is -0.358. The standard InChI is InChI=1S/C17H18O4/c1-12-3-8-16(15(9-12)10-18)21-11-13-4-6-14(7-5-13)17(19)20-2/h3-9,18H,10-11H2,1-2H3. The highest BCUT2D eigenvalue weighted by molar-refractivity contribution is 5.89. The third kappa shape index (κ3) is 3.83. The predicted octanol–water partition coefficient (Wildman–Crippen LogP) is 2.85. The lowest BCUT2D eigenvalue weighted by molar-refractivity contribution is 0.0600. The molecule has 0 radical (unpaired) electrons. The molecule has 0 unspecified atom stereocenters. The van der Waals surface area contributed by atoms with Gasteiger partial charge in [-0.25, -0.2) is 4.79 Å². The first-order valence-electron chi connectivity index (χ1n) is 6.64. The maximum Gasteiger partial charge on any atom is 0.337 e. The first-order valence-corrected chi connectivity index (χ1v) is 6.64. The number of esters is 1. The van der Waals surface area contributed by atoms with Gasteiger partial charge in [0, 0.05) is 5.56 Å².